The third-order valence-corrected chi connectivity index (χ3v) is 3.64. The van der Waals surface area contributed by atoms with Gasteiger partial charge in [-0.05, 0) is 30.2 Å². The Hall–Kier alpha value is -0.430. The Morgan fingerprint density at radius 2 is 2.07 bits per heavy atom. The van der Waals surface area contributed by atoms with Crippen molar-refractivity contribution in [3.8, 4) is 0 Å². The molecule has 1 heteroatoms. The van der Waals surface area contributed by atoms with Crippen LogP contribution in [0, 0.1) is 0 Å². The summed E-state index contributed by atoms with van der Waals surface area (Å²) in [6, 6.07) is 9.02. The molecular formula is C13H20S. The molecule has 1 rings (SSSR count). The van der Waals surface area contributed by atoms with E-state index in [0.29, 0.717) is 5.25 Å². The predicted molar refractivity (Wildman–Crippen MR) is 67.0 cm³/mol. The van der Waals surface area contributed by atoms with Crippen LogP contribution in [0.4, 0.5) is 0 Å². The Morgan fingerprint density at radius 3 is 2.64 bits per heavy atom. The van der Waals surface area contributed by atoms with Crippen molar-refractivity contribution < 1.29 is 0 Å². The molecule has 14 heavy (non-hydrogen) atoms. The number of rotatable bonds is 5. The van der Waals surface area contributed by atoms with Gasteiger partial charge in [0.1, 0.15) is 0 Å². The lowest BCUT2D eigenvalue weighted by atomic mass is 10.0. The van der Waals surface area contributed by atoms with Crippen molar-refractivity contribution >= 4 is 11.8 Å². The zero-order valence-electron chi connectivity index (χ0n) is 9.42. The molecule has 0 fully saturated rings. The van der Waals surface area contributed by atoms with Gasteiger partial charge in [0, 0.05) is 5.25 Å². The summed E-state index contributed by atoms with van der Waals surface area (Å²) in [6.45, 7) is 4.47. The molecule has 0 N–H and O–H groups in total. The topological polar surface area (TPSA) is 0 Å². The molecule has 78 valence electrons. The quantitative estimate of drug-likeness (QED) is 0.688. The molecule has 0 aromatic heterocycles. The number of benzene rings is 1. The fourth-order valence-electron chi connectivity index (χ4n) is 1.70. The Labute approximate surface area is 92.1 Å². The van der Waals surface area contributed by atoms with Crippen molar-refractivity contribution in [2.24, 2.45) is 0 Å². The van der Waals surface area contributed by atoms with Gasteiger partial charge in [0.2, 0.25) is 0 Å². The smallest absolute Gasteiger partial charge is 0.0294 e. The van der Waals surface area contributed by atoms with E-state index in [1.54, 1.807) is 0 Å². The second kappa shape index (κ2) is 6.13. The zero-order chi connectivity index (χ0) is 10.4. The van der Waals surface area contributed by atoms with Gasteiger partial charge in [0.25, 0.3) is 0 Å². The highest BCUT2D eigenvalue weighted by molar-refractivity contribution is 7.98. The van der Waals surface area contributed by atoms with Crippen molar-refractivity contribution in [2.75, 3.05) is 6.26 Å². The summed E-state index contributed by atoms with van der Waals surface area (Å²) >= 11 is 1.97. The van der Waals surface area contributed by atoms with Crippen LogP contribution in [0.2, 0.25) is 0 Å². The van der Waals surface area contributed by atoms with Crippen molar-refractivity contribution in [3.05, 3.63) is 35.4 Å². The molecule has 0 aliphatic rings. The largest absolute Gasteiger partial charge is 0.157 e. The molecule has 0 nitrogen and oxygen atoms in total. The van der Waals surface area contributed by atoms with E-state index in [2.05, 4.69) is 44.4 Å². The molecule has 1 aromatic carbocycles. The summed E-state index contributed by atoms with van der Waals surface area (Å²) in [6.07, 6.45) is 5.90. The summed E-state index contributed by atoms with van der Waals surface area (Å²) in [5.41, 5.74) is 2.95. The van der Waals surface area contributed by atoms with Gasteiger partial charge in [0.15, 0.2) is 0 Å². The number of aryl methyl sites for hydroxylation is 1. The molecule has 0 saturated carbocycles. The van der Waals surface area contributed by atoms with E-state index in [9.17, 15) is 0 Å². The maximum absolute atomic E-state index is 2.36. The molecule has 0 amide bonds. The zero-order valence-corrected chi connectivity index (χ0v) is 10.2. The van der Waals surface area contributed by atoms with E-state index in [-0.39, 0.29) is 0 Å². The van der Waals surface area contributed by atoms with E-state index in [1.165, 1.54) is 24.0 Å². The van der Waals surface area contributed by atoms with Crippen LogP contribution in [-0.2, 0) is 6.42 Å². The summed E-state index contributed by atoms with van der Waals surface area (Å²) in [4.78, 5) is 0. The van der Waals surface area contributed by atoms with E-state index < -0.39 is 0 Å². The van der Waals surface area contributed by atoms with Crippen molar-refractivity contribution in [1.82, 2.24) is 0 Å². The number of thioether (sulfide) groups is 1. The highest BCUT2D eigenvalue weighted by atomic mass is 32.2. The van der Waals surface area contributed by atoms with Gasteiger partial charge in [-0.25, -0.2) is 0 Å². The van der Waals surface area contributed by atoms with Crippen LogP contribution in [0.15, 0.2) is 24.3 Å². The molecule has 1 aromatic rings. The van der Waals surface area contributed by atoms with E-state index >= 15 is 0 Å². The number of hydrogen-bond donors (Lipinski definition) is 0. The maximum Gasteiger partial charge on any atom is 0.0294 e. The average molecular weight is 208 g/mol. The van der Waals surface area contributed by atoms with Crippen LogP contribution in [0.25, 0.3) is 0 Å². The van der Waals surface area contributed by atoms with Crippen molar-refractivity contribution in [2.45, 2.75) is 38.4 Å². The first-order valence-electron chi connectivity index (χ1n) is 5.43. The average Bonchev–Trinajstić information content (AvgIpc) is 2.26. The molecule has 0 radical (unpaired) electrons. The number of hydrogen-bond acceptors (Lipinski definition) is 1. The third-order valence-electron chi connectivity index (χ3n) is 2.57. The monoisotopic (exact) mass is 208 g/mol. The van der Waals surface area contributed by atoms with Gasteiger partial charge < -0.3 is 0 Å². The Bertz CT molecular complexity index is 268. The lowest BCUT2D eigenvalue weighted by Crippen LogP contribution is -1.94. The van der Waals surface area contributed by atoms with Crippen LogP contribution in [0.1, 0.15) is 43.1 Å². The normalized spacial score (nSPS) is 12.8. The Kier molecular flexibility index (Phi) is 5.10. The van der Waals surface area contributed by atoms with Gasteiger partial charge in [0.05, 0.1) is 0 Å². The van der Waals surface area contributed by atoms with Crippen molar-refractivity contribution in [3.63, 3.8) is 0 Å². The van der Waals surface area contributed by atoms with Crippen LogP contribution >= 0.6 is 11.8 Å². The lowest BCUT2D eigenvalue weighted by Gasteiger charge is -2.14. The van der Waals surface area contributed by atoms with E-state index in [0.717, 1.165) is 6.42 Å². The fraction of sp³-hybridized carbons (Fsp3) is 0.538. The molecule has 0 bridgehead atoms. The SMILES string of the molecule is CCCC(SC)c1cccc(CC)c1. The third kappa shape index (κ3) is 3.06. The second-order valence-electron chi connectivity index (χ2n) is 3.61. The molecule has 0 spiro atoms. The molecule has 1 unspecified atom stereocenters. The van der Waals surface area contributed by atoms with Crippen LogP contribution in [-0.4, -0.2) is 6.26 Å². The molecule has 0 heterocycles. The van der Waals surface area contributed by atoms with Gasteiger partial charge in [-0.1, -0.05) is 44.5 Å². The first kappa shape index (κ1) is 11.6. The first-order chi connectivity index (χ1) is 6.81. The summed E-state index contributed by atoms with van der Waals surface area (Å²) in [5.74, 6) is 0. The van der Waals surface area contributed by atoms with Gasteiger partial charge in [-0.3, -0.25) is 0 Å². The molecule has 0 saturated heterocycles. The maximum atomic E-state index is 2.36. The van der Waals surface area contributed by atoms with Gasteiger partial charge in [-0.15, -0.1) is 0 Å². The first-order valence-corrected chi connectivity index (χ1v) is 6.72. The fourth-order valence-corrected chi connectivity index (χ4v) is 2.59. The van der Waals surface area contributed by atoms with Crippen LogP contribution in [0.5, 0.6) is 0 Å². The lowest BCUT2D eigenvalue weighted by molar-refractivity contribution is 0.779. The predicted octanol–water partition coefficient (Wildman–Crippen LogP) is 4.45. The summed E-state index contributed by atoms with van der Waals surface area (Å²) in [5, 5.41) is 0.687. The highest BCUT2D eigenvalue weighted by Crippen LogP contribution is 2.31. The Balaban J connectivity index is 2.80. The van der Waals surface area contributed by atoms with E-state index in [1.807, 2.05) is 11.8 Å². The molecule has 1 atom stereocenters. The molecule has 0 aliphatic carbocycles. The summed E-state index contributed by atoms with van der Waals surface area (Å²) < 4.78 is 0. The minimum absolute atomic E-state index is 0.687. The van der Waals surface area contributed by atoms with E-state index in [4.69, 9.17) is 0 Å². The molecule has 0 aliphatic heterocycles. The van der Waals surface area contributed by atoms with Gasteiger partial charge in [-0.2, -0.15) is 11.8 Å². The standard InChI is InChI=1S/C13H20S/c1-4-7-13(14-3)12-9-6-8-11(5-2)10-12/h6,8-10,13H,4-5,7H2,1-3H3. The van der Waals surface area contributed by atoms with Gasteiger partial charge >= 0.3 is 0 Å². The van der Waals surface area contributed by atoms with Crippen LogP contribution in [0.3, 0.4) is 0 Å². The van der Waals surface area contributed by atoms with Crippen LogP contribution < -0.4 is 0 Å². The second-order valence-corrected chi connectivity index (χ2v) is 4.65. The minimum atomic E-state index is 0.687. The highest BCUT2D eigenvalue weighted by Gasteiger charge is 2.08. The minimum Gasteiger partial charge on any atom is -0.157 e. The summed E-state index contributed by atoms with van der Waals surface area (Å²) in [7, 11) is 0. The molecular weight excluding hydrogens is 188 g/mol. The van der Waals surface area contributed by atoms with Crippen molar-refractivity contribution in [1.29, 1.82) is 0 Å². The Morgan fingerprint density at radius 1 is 1.29 bits per heavy atom.